The third-order valence-electron chi connectivity index (χ3n) is 3.00. The van der Waals surface area contributed by atoms with Gasteiger partial charge in [0.1, 0.15) is 12.4 Å². The molecule has 1 aliphatic rings. The molecule has 0 radical (unpaired) electrons. The predicted octanol–water partition coefficient (Wildman–Crippen LogP) is 1.47. The van der Waals surface area contributed by atoms with Crippen LogP contribution in [0.1, 0.15) is 13.8 Å². The van der Waals surface area contributed by atoms with Crippen molar-refractivity contribution in [3.05, 3.63) is 24.3 Å². The predicted molar refractivity (Wildman–Crippen MR) is 71.1 cm³/mol. The highest BCUT2D eigenvalue weighted by molar-refractivity contribution is 7.90. The Kier molecular flexibility index (Phi) is 3.77. The summed E-state index contributed by atoms with van der Waals surface area (Å²) in [6.07, 6.45) is 0. The molecule has 1 aliphatic heterocycles. The van der Waals surface area contributed by atoms with Crippen LogP contribution < -0.4 is 9.04 Å². The smallest absolute Gasteiger partial charge is 0.304 e. The van der Waals surface area contributed by atoms with E-state index in [1.165, 1.54) is 8.61 Å². The second-order valence-corrected chi connectivity index (χ2v) is 5.83. The average Bonchev–Trinajstić information content (AvgIpc) is 2.39. The zero-order valence-corrected chi connectivity index (χ0v) is 11.5. The minimum absolute atomic E-state index is 0.357. The quantitative estimate of drug-likeness (QED) is 0.832. The first-order valence-electron chi connectivity index (χ1n) is 6.11. The number of fused-ring (bicyclic) bond motifs is 1. The minimum atomic E-state index is -3.45. The van der Waals surface area contributed by atoms with E-state index in [0.29, 0.717) is 37.7 Å². The maximum atomic E-state index is 12.5. The van der Waals surface area contributed by atoms with Gasteiger partial charge in [0.25, 0.3) is 0 Å². The number of nitrogens with zero attached hydrogens (tertiary/aromatic N) is 2. The Balaban J connectivity index is 2.41. The van der Waals surface area contributed by atoms with Crippen molar-refractivity contribution in [2.75, 3.05) is 30.5 Å². The summed E-state index contributed by atoms with van der Waals surface area (Å²) in [4.78, 5) is 0. The molecular formula is C12H18N2O3S. The number of ether oxygens (including phenoxy) is 1. The molecular weight excluding hydrogens is 252 g/mol. The van der Waals surface area contributed by atoms with Crippen LogP contribution >= 0.6 is 0 Å². The van der Waals surface area contributed by atoms with Crippen LogP contribution in [0.5, 0.6) is 5.75 Å². The van der Waals surface area contributed by atoms with Crippen molar-refractivity contribution < 1.29 is 13.2 Å². The van der Waals surface area contributed by atoms with Gasteiger partial charge in [0.2, 0.25) is 0 Å². The summed E-state index contributed by atoms with van der Waals surface area (Å²) < 4.78 is 33.4. The summed E-state index contributed by atoms with van der Waals surface area (Å²) in [5.74, 6) is 0.625. The maximum Gasteiger partial charge on any atom is 0.304 e. The van der Waals surface area contributed by atoms with Gasteiger partial charge in [-0.25, -0.2) is 0 Å². The number of para-hydroxylation sites is 2. The highest BCUT2D eigenvalue weighted by Gasteiger charge is 2.31. The van der Waals surface area contributed by atoms with Crippen LogP contribution in [0.15, 0.2) is 24.3 Å². The first-order chi connectivity index (χ1) is 8.61. The van der Waals surface area contributed by atoms with Crippen LogP contribution in [0.2, 0.25) is 0 Å². The summed E-state index contributed by atoms with van der Waals surface area (Å²) >= 11 is 0. The van der Waals surface area contributed by atoms with E-state index < -0.39 is 10.2 Å². The Labute approximate surface area is 108 Å². The Morgan fingerprint density at radius 1 is 1.28 bits per heavy atom. The van der Waals surface area contributed by atoms with Crippen LogP contribution in [-0.2, 0) is 10.2 Å². The molecule has 6 heteroatoms. The molecule has 0 atom stereocenters. The molecule has 2 rings (SSSR count). The molecule has 0 aliphatic carbocycles. The van der Waals surface area contributed by atoms with Crippen LogP contribution in [0, 0.1) is 0 Å². The van der Waals surface area contributed by atoms with Gasteiger partial charge in [-0.2, -0.15) is 12.7 Å². The van der Waals surface area contributed by atoms with E-state index in [1.807, 2.05) is 26.0 Å². The van der Waals surface area contributed by atoms with E-state index in [-0.39, 0.29) is 0 Å². The number of hydrogen-bond donors (Lipinski definition) is 0. The molecule has 100 valence electrons. The summed E-state index contributed by atoms with van der Waals surface area (Å²) in [5.41, 5.74) is 0.621. The molecule has 0 fully saturated rings. The van der Waals surface area contributed by atoms with E-state index in [0.717, 1.165) is 0 Å². The molecule has 5 nitrogen and oxygen atoms in total. The number of rotatable bonds is 4. The van der Waals surface area contributed by atoms with Crippen molar-refractivity contribution in [3.8, 4) is 5.75 Å². The van der Waals surface area contributed by atoms with E-state index in [2.05, 4.69) is 0 Å². The Hall–Kier alpha value is -1.27. The van der Waals surface area contributed by atoms with Crippen molar-refractivity contribution in [1.82, 2.24) is 4.31 Å². The molecule has 1 aromatic carbocycles. The third kappa shape index (κ3) is 2.18. The molecule has 0 saturated carbocycles. The normalized spacial score (nSPS) is 15.4. The van der Waals surface area contributed by atoms with Crippen LogP contribution in [0.4, 0.5) is 5.69 Å². The third-order valence-corrected chi connectivity index (χ3v) is 5.10. The summed E-state index contributed by atoms with van der Waals surface area (Å²) in [6.45, 7) is 5.37. The standard InChI is InChI=1S/C12H18N2O3S/c1-3-13(4-2)18(15,16)14-9-10-17-12-8-6-5-7-11(12)14/h5-8H,3-4,9-10H2,1-2H3. The van der Waals surface area contributed by atoms with Gasteiger partial charge in [0, 0.05) is 13.1 Å². The highest BCUT2D eigenvalue weighted by atomic mass is 32.2. The van der Waals surface area contributed by atoms with Gasteiger partial charge in [-0.05, 0) is 12.1 Å². The van der Waals surface area contributed by atoms with E-state index in [4.69, 9.17) is 4.74 Å². The molecule has 0 amide bonds. The second kappa shape index (κ2) is 5.16. The Morgan fingerprint density at radius 3 is 2.61 bits per heavy atom. The first-order valence-corrected chi connectivity index (χ1v) is 7.50. The van der Waals surface area contributed by atoms with Gasteiger partial charge in [0.05, 0.1) is 12.2 Å². The van der Waals surface area contributed by atoms with E-state index >= 15 is 0 Å². The molecule has 0 N–H and O–H groups in total. The van der Waals surface area contributed by atoms with Crippen molar-refractivity contribution in [3.63, 3.8) is 0 Å². The van der Waals surface area contributed by atoms with Crippen molar-refractivity contribution in [1.29, 1.82) is 0 Å². The lowest BCUT2D eigenvalue weighted by Crippen LogP contribution is -2.47. The fraction of sp³-hybridized carbons (Fsp3) is 0.500. The average molecular weight is 270 g/mol. The van der Waals surface area contributed by atoms with Gasteiger partial charge in [-0.3, -0.25) is 4.31 Å². The van der Waals surface area contributed by atoms with Gasteiger partial charge in [0.15, 0.2) is 0 Å². The van der Waals surface area contributed by atoms with Gasteiger partial charge in [-0.15, -0.1) is 0 Å². The number of benzene rings is 1. The second-order valence-electron chi connectivity index (χ2n) is 3.98. The fourth-order valence-corrected chi connectivity index (χ4v) is 3.71. The molecule has 0 unspecified atom stereocenters. The molecule has 1 aromatic rings. The Bertz CT molecular complexity index is 512. The fourth-order valence-electron chi connectivity index (χ4n) is 2.07. The maximum absolute atomic E-state index is 12.5. The first kappa shape index (κ1) is 13.2. The SMILES string of the molecule is CCN(CC)S(=O)(=O)N1CCOc2ccccc21. The van der Waals surface area contributed by atoms with Crippen molar-refractivity contribution >= 4 is 15.9 Å². The monoisotopic (exact) mass is 270 g/mol. The number of anilines is 1. The Morgan fingerprint density at radius 2 is 1.94 bits per heavy atom. The topological polar surface area (TPSA) is 49.9 Å². The highest BCUT2D eigenvalue weighted by Crippen LogP contribution is 2.33. The lowest BCUT2D eigenvalue weighted by Gasteiger charge is -2.33. The molecule has 18 heavy (non-hydrogen) atoms. The lowest BCUT2D eigenvalue weighted by atomic mass is 10.2. The van der Waals surface area contributed by atoms with Crippen LogP contribution in [-0.4, -0.2) is 39.0 Å². The summed E-state index contributed by atoms with van der Waals surface area (Å²) in [5, 5.41) is 0. The molecule has 1 heterocycles. The minimum Gasteiger partial charge on any atom is -0.489 e. The van der Waals surface area contributed by atoms with Crippen LogP contribution in [0.3, 0.4) is 0 Å². The summed E-state index contributed by atoms with van der Waals surface area (Å²) in [6, 6.07) is 7.22. The molecule has 0 bridgehead atoms. The van der Waals surface area contributed by atoms with E-state index in [1.54, 1.807) is 12.1 Å². The molecule has 0 saturated heterocycles. The van der Waals surface area contributed by atoms with Gasteiger partial charge in [-0.1, -0.05) is 26.0 Å². The largest absolute Gasteiger partial charge is 0.489 e. The van der Waals surface area contributed by atoms with Crippen LogP contribution in [0.25, 0.3) is 0 Å². The number of hydrogen-bond acceptors (Lipinski definition) is 3. The molecule has 0 aromatic heterocycles. The van der Waals surface area contributed by atoms with Crippen molar-refractivity contribution in [2.24, 2.45) is 0 Å². The lowest BCUT2D eigenvalue weighted by molar-refractivity contribution is 0.313. The van der Waals surface area contributed by atoms with E-state index in [9.17, 15) is 8.42 Å². The molecule has 0 spiro atoms. The van der Waals surface area contributed by atoms with Crippen molar-refractivity contribution in [2.45, 2.75) is 13.8 Å². The zero-order valence-electron chi connectivity index (χ0n) is 10.7. The zero-order chi connectivity index (χ0) is 13.2. The van der Waals surface area contributed by atoms with Gasteiger partial charge >= 0.3 is 10.2 Å². The van der Waals surface area contributed by atoms with Gasteiger partial charge < -0.3 is 4.74 Å². The summed E-state index contributed by atoms with van der Waals surface area (Å²) in [7, 11) is -3.45.